The number of halogens is 3. The molecule has 1 fully saturated rings. The molecule has 0 radical (unpaired) electrons. The molecule has 1 N–H and O–H groups in total. The van der Waals surface area contributed by atoms with Crippen molar-refractivity contribution >= 4 is 38.2 Å². The molecule has 1 aromatic carbocycles. The summed E-state index contributed by atoms with van der Waals surface area (Å²) in [6.07, 6.45) is -2.96. The number of nitrogens with one attached hydrogen (secondary N) is 1. The summed E-state index contributed by atoms with van der Waals surface area (Å²) < 4.78 is 42.1. The topological polar surface area (TPSA) is 72.2 Å². The van der Waals surface area contributed by atoms with E-state index in [1.165, 1.54) is 17.4 Å². The molecule has 1 saturated carbocycles. The van der Waals surface area contributed by atoms with Crippen LogP contribution in [0.3, 0.4) is 0 Å². The van der Waals surface area contributed by atoms with Gasteiger partial charge in [0.25, 0.3) is 5.91 Å². The molecule has 4 aromatic rings. The minimum Gasteiger partial charge on any atom is -0.296 e. The van der Waals surface area contributed by atoms with Crippen LogP contribution < -0.4 is 5.32 Å². The number of nitrogens with zero attached hydrogens (tertiary/aromatic N) is 4. The van der Waals surface area contributed by atoms with Crippen molar-refractivity contribution < 1.29 is 18.0 Å². The van der Waals surface area contributed by atoms with Gasteiger partial charge in [-0.25, -0.2) is 14.5 Å². The predicted molar refractivity (Wildman–Crippen MR) is 102 cm³/mol. The van der Waals surface area contributed by atoms with Gasteiger partial charge in [-0.2, -0.15) is 18.3 Å². The average Bonchev–Trinajstić information content (AvgIpc) is 3.28. The molecule has 1 aliphatic rings. The maximum absolute atomic E-state index is 13.5. The van der Waals surface area contributed by atoms with Crippen LogP contribution in [0.4, 0.5) is 18.3 Å². The summed E-state index contributed by atoms with van der Waals surface area (Å²) in [6, 6.07) is 8.01. The monoisotopic (exact) mass is 417 g/mol. The van der Waals surface area contributed by atoms with E-state index in [0.717, 1.165) is 34.7 Å². The number of hydrogen-bond donors (Lipinski definition) is 1. The van der Waals surface area contributed by atoms with Crippen LogP contribution in [-0.2, 0) is 6.18 Å². The molecule has 0 unspecified atom stereocenters. The number of amides is 1. The molecule has 0 saturated heterocycles. The fourth-order valence-corrected chi connectivity index (χ4v) is 4.10. The highest BCUT2D eigenvalue weighted by Gasteiger charge is 2.37. The van der Waals surface area contributed by atoms with Crippen LogP contribution in [-0.4, -0.2) is 25.5 Å². The first-order valence-corrected chi connectivity index (χ1v) is 9.76. The van der Waals surface area contributed by atoms with Crippen LogP contribution in [0.1, 0.15) is 46.2 Å². The molecule has 3 aromatic heterocycles. The fraction of sp³-hybridized carbons (Fsp3) is 0.263. The number of aryl methyl sites for hydroxylation is 1. The number of alkyl halides is 3. The molecule has 1 amide bonds. The zero-order valence-corrected chi connectivity index (χ0v) is 15.9. The molecule has 0 atom stereocenters. The molecule has 148 valence electrons. The lowest BCUT2D eigenvalue weighted by Gasteiger charge is -2.10. The number of benzene rings is 1. The van der Waals surface area contributed by atoms with E-state index in [2.05, 4.69) is 20.4 Å². The number of carbonyl (C=O) groups is 1. The zero-order chi connectivity index (χ0) is 20.3. The van der Waals surface area contributed by atoms with Gasteiger partial charge in [-0.15, -0.1) is 0 Å². The standard InChI is InChI=1S/C19H14F3N5OS/c1-9-2-5-11-14(6-9)29-18(24-11)25-17(28)13-8-16-23-12(10-3-4-10)7-15(19(20,21)22)27(16)26-13/h2,5-8,10H,3-4H2,1H3,(H,24,25,28). The molecule has 0 spiro atoms. The van der Waals surface area contributed by atoms with E-state index in [1.54, 1.807) is 0 Å². The number of hydrogen-bond acceptors (Lipinski definition) is 5. The number of aromatic nitrogens is 4. The minimum absolute atomic E-state index is 0.00630. The first-order chi connectivity index (χ1) is 13.8. The van der Waals surface area contributed by atoms with Crippen LogP contribution in [0, 0.1) is 6.92 Å². The Bertz CT molecular complexity index is 1270. The lowest BCUT2D eigenvalue weighted by Crippen LogP contribution is -2.16. The van der Waals surface area contributed by atoms with Crippen molar-refractivity contribution in [1.82, 2.24) is 19.6 Å². The molecular weight excluding hydrogens is 403 g/mol. The first kappa shape index (κ1) is 18.0. The highest BCUT2D eigenvalue weighted by molar-refractivity contribution is 7.22. The van der Waals surface area contributed by atoms with Crippen molar-refractivity contribution in [2.75, 3.05) is 5.32 Å². The van der Waals surface area contributed by atoms with Crippen molar-refractivity contribution in [3.63, 3.8) is 0 Å². The van der Waals surface area contributed by atoms with Gasteiger partial charge in [0.1, 0.15) is 5.69 Å². The molecule has 5 rings (SSSR count). The SMILES string of the molecule is Cc1ccc2nc(NC(=O)c3cc4nc(C5CC5)cc(C(F)(F)F)n4n3)sc2c1. The molecule has 3 heterocycles. The second-order valence-electron chi connectivity index (χ2n) is 7.08. The van der Waals surface area contributed by atoms with E-state index in [9.17, 15) is 18.0 Å². The summed E-state index contributed by atoms with van der Waals surface area (Å²) in [6.45, 7) is 1.95. The first-order valence-electron chi connectivity index (χ1n) is 8.94. The predicted octanol–water partition coefficient (Wildman–Crippen LogP) is 4.80. The van der Waals surface area contributed by atoms with Gasteiger partial charge in [0.15, 0.2) is 16.5 Å². The van der Waals surface area contributed by atoms with Gasteiger partial charge >= 0.3 is 6.18 Å². The Hall–Kier alpha value is -3.01. The fourth-order valence-electron chi connectivity index (χ4n) is 3.14. The van der Waals surface area contributed by atoms with Gasteiger partial charge in [-0.3, -0.25) is 10.1 Å². The van der Waals surface area contributed by atoms with Crippen molar-refractivity contribution in [3.05, 3.63) is 53.0 Å². The molecular formula is C19H14F3N5OS. The lowest BCUT2D eigenvalue weighted by atomic mass is 10.2. The molecule has 6 nitrogen and oxygen atoms in total. The highest BCUT2D eigenvalue weighted by atomic mass is 32.1. The molecule has 10 heteroatoms. The van der Waals surface area contributed by atoms with Gasteiger partial charge in [0.05, 0.1) is 10.2 Å². The molecule has 29 heavy (non-hydrogen) atoms. The Labute approximate surface area is 166 Å². The molecule has 1 aliphatic carbocycles. The summed E-state index contributed by atoms with van der Waals surface area (Å²) in [4.78, 5) is 21.2. The Morgan fingerprint density at radius 3 is 2.72 bits per heavy atom. The lowest BCUT2D eigenvalue weighted by molar-refractivity contribution is -0.142. The second-order valence-corrected chi connectivity index (χ2v) is 8.11. The number of fused-ring (bicyclic) bond motifs is 2. The highest BCUT2D eigenvalue weighted by Crippen LogP contribution is 2.41. The smallest absolute Gasteiger partial charge is 0.296 e. The van der Waals surface area contributed by atoms with Gasteiger partial charge in [-0.1, -0.05) is 17.4 Å². The maximum Gasteiger partial charge on any atom is 0.433 e. The number of rotatable bonds is 3. The summed E-state index contributed by atoms with van der Waals surface area (Å²) in [5.41, 5.74) is 1.12. The Kier molecular flexibility index (Phi) is 3.89. The van der Waals surface area contributed by atoms with Gasteiger partial charge < -0.3 is 0 Å². The Morgan fingerprint density at radius 1 is 1.21 bits per heavy atom. The van der Waals surface area contributed by atoms with Gasteiger partial charge in [0.2, 0.25) is 0 Å². The Balaban J connectivity index is 1.51. The normalized spacial score (nSPS) is 14.6. The van der Waals surface area contributed by atoms with E-state index < -0.39 is 17.8 Å². The third-order valence-corrected chi connectivity index (χ3v) is 5.66. The van der Waals surface area contributed by atoms with Crippen molar-refractivity contribution in [2.24, 2.45) is 0 Å². The van der Waals surface area contributed by atoms with E-state index >= 15 is 0 Å². The van der Waals surface area contributed by atoms with Gasteiger partial charge in [-0.05, 0) is 43.5 Å². The van der Waals surface area contributed by atoms with Gasteiger partial charge in [0, 0.05) is 17.7 Å². The number of thiazole rings is 1. The third-order valence-electron chi connectivity index (χ3n) is 4.73. The van der Waals surface area contributed by atoms with Crippen LogP contribution in [0.2, 0.25) is 0 Å². The summed E-state index contributed by atoms with van der Waals surface area (Å²) in [5, 5.41) is 6.84. The maximum atomic E-state index is 13.5. The second kappa shape index (κ2) is 6.24. The minimum atomic E-state index is -4.60. The quantitative estimate of drug-likeness (QED) is 0.520. The largest absolute Gasteiger partial charge is 0.433 e. The van der Waals surface area contributed by atoms with E-state index in [-0.39, 0.29) is 17.3 Å². The van der Waals surface area contributed by atoms with E-state index in [1.807, 2.05) is 25.1 Å². The Morgan fingerprint density at radius 2 is 2.00 bits per heavy atom. The molecule has 0 bridgehead atoms. The van der Waals surface area contributed by atoms with Crippen LogP contribution in [0.5, 0.6) is 0 Å². The van der Waals surface area contributed by atoms with Crippen molar-refractivity contribution in [3.8, 4) is 0 Å². The van der Waals surface area contributed by atoms with Crippen LogP contribution in [0.25, 0.3) is 15.9 Å². The van der Waals surface area contributed by atoms with Crippen LogP contribution in [0.15, 0.2) is 30.3 Å². The van der Waals surface area contributed by atoms with E-state index in [4.69, 9.17) is 0 Å². The van der Waals surface area contributed by atoms with Crippen molar-refractivity contribution in [1.29, 1.82) is 0 Å². The number of anilines is 1. The van der Waals surface area contributed by atoms with E-state index in [0.29, 0.717) is 15.3 Å². The zero-order valence-electron chi connectivity index (χ0n) is 15.1. The summed E-state index contributed by atoms with van der Waals surface area (Å²) in [5.74, 6) is -0.591. The number of carbonyl (C=O) groups excluding carboxylic acids is 1. The average molecular weight is 417 g/mol. The summed E-state index contributed by atoms with van der Waals surface area (Å²) >= 11 is 1.29. The summed E-state index contributed by atoms with van der Waals surface area (Å²) in [7, 11) is 0. The van der Waals surface area contributed by atoms with Crippen molar-refractivity contribution in [2.45, 2.75) is 31.9 Å². The third kappa shape index (κ3) is 3.33. The van der Waals surface area contributed by atoms with Crippen LogP contribution >= 0.6 is 11.3 Å². The molecule has 0 aliphatic heterocycles.